The van der Waals surface area contributed by atoms with Crippen molar-refractivity contribution in [3.8, 4) is 5.75 Å². The van der Waals surface area contributed by atoms with Gasteiger partial charge in [0.15, 0.2) is 0 Å². The summed E-state index contributed by atoms with van der Waals surface area (Å²) in [6.45, 7) is 2.02. The van der Waals surface area contributed by atoms with Crippen LogP contribution in [0.4, 0.5) is 11.4 Å². The summed E-state index contributed by atoms with van der Waals surface area (Å²) < 4.78 is 5.14. The molecule has 0 aromatic heterocycles. The summed E-state index contributed by atoms with van der Waals surface area (Å²) in [7, 11) is 1.32. The third kappa shape index (κ3) is 3.10. The van der Waals surface area contributed by atoms with Crippen LogP contribution >= 0.6 is 0 Å². The number of rotatable bonds is 5. The molecule has 3 rings (SSSR count). The Morgan fingerprint density at radius 1 is 1.23 bits per heavy atom. The molecule has 0 radical (unpaired) electrons. The van der Waals surface area contributed by atoms with E-state index in [-0.39, 0.29) is 35.4 Å². The van der Waals surface area contributed by atoms with Crippen LogP contribution in [0.25, 0.3) is 0 Å². The zero-order valence-corrected chi connectivity index (χ0v) is 14.2. The van der Waals surface area contributed by atoms with Gasteiger partial charge in [-0.2, -0.15) is 0 Å². The summed E-state index contributed by atoms with van der Waals surface area (Å²) in [6, 6.07) is 3.16. The van der Waals surface area contributed by atoms with Crippen molar-refractivity contribution in [3.05, 3.63) is 28.3 Å². The Balaban J connectivity index is 1.83. The number of nitro benzene ring substituents is 1. The van der Waals surface area contributed by atoms with E-state index in [1.807, 2.05) is 4.90 Å². The topological polar surface area (TPSA) is 113 Å². The monoisotopic (exact) mass is 362 g/mol. The Bertz CT molecular complexity index is 759. The molecule has 2 aliphatic rings. The molecule has 3 amide bonds. The maximum atomic E-state index is 12.8. The quantitative estimate of drug-likeness (QED) is 0.314. The molecule has 2 fully saturated rings. The van der Waals surface area contributed by atoms with Crippen molar-refractivity contribution < 1.29 is 24.0 Å². The summed E-state index contributed by atoms with van der Waals surface area (Å²) in [5.74, 6) is -0.681. The van der Waals surface area contributed by atoms with Gasteiger partial charge in [0.1, 0.15) is 5.75 Å². The lowest BCUT2D eigenvalue weighted by Crippen LogP contribution is -2.52. The minimum atomic E-state index is -0.601. The number of carbonyl (C=O) groups excluding carboxylic acids is 3. The lowest BCUT2D eigenvalue weighted by Gasteiger charge is -2.35. The number of nitro groups is 1. The highest BCUT2D eigenvalue weighted by Crippen LogP contribution is 2.36. The molecule has 1 unspecified atom stereocenters. The molecule has 1 atom stereocenters. The van der Waals surface area contributed by atoms with Crippen molar-refractivity contribution in [1.29, 1.82) is 0 Å². The summed E-state index contributed by atoms with van der Waals surface area (Å²) >= 11 is 0. The van der Waals surface area contributed by atoms with E-state index in [0.717, 1.165) is 11.3 Å². The number of non-ortho nitro benzene ring substituents is 1. The van der Waals surface area contributed by atoms with Crippen LogP contribution in [0.5, 0.6) is 5.75 Å². The van der Waals surface area contributed by atoms with Crippen molar-refractivity contribution >= 4 is 29.6 Å². The Morgan fingerprint density at radius 2 is 1.92 bits per heavy atom. The van der Waals surface area contributed by atoms with Gasteiger partial charge in [-0.3, -0.25) is 29.4 Å². The Kier molecular flexibility index (Phi) is 4.85. The molecule has 2 heterocycles. The van der Waals surface area contributed by atoms with Gasteiger partial charge in [0.05, 0.1) is 36.2 Å². The van der Waals surface area contributed by atoms with E-state index in [1.165, 1.54) is 25.3 Å². The van der Waals surface area contributed by atoms with Gasteiger partial charge in [-0.1, -0.05) is 0 Å². The summed E-state index contributed by atoms with van der Waals surface area (Å²) in [5, 5.41) is 10.9. The average molecular weight is 362 g/mol. The number of imide groups is 1. The second-order valence-electron chi connectivity index (χ2n) is 6.08. The molecule has 2 saturated heterocycles. The third-order valence-electron chi connectivity index (χ3n) is 4.68. The molecular weight excluding hydrogens is 344 g/mol. The molecule has 138 valence electrons. The smallest absolute Gasteiger partial charge is 0.273 e. The van der Waals surface area contributed by atoms with Crippen molar-refractivity contribution in [1.82, 2.24) is 9.80 Å². The minimum absolute atomic E-state index is 0.0278. The molecule has 0 bridgehead atoms. The van der Waals surface area contributed by atoms with Gasteiger partial charge >= 0.3 is 0 Å². The number of anilines is 1. The van der Waals surface area contributed by atoms with E-state index in [9.17, 15) is 24.5 Å². The fourth-order valence-electron chi connectivity index (χ4n) is 3.27. The number of benzene rings is 1. The largest absolute Gasteiger partial charge is 0.494 e. The maximum Gasteiger partial charge on any atom is 0.273 e. The summed E-state index contributed by atoms with van der Waals surface area (Å²) in [5.41, 5.74) is 0.00774. The van der Waals surface area contributed by atoms with Crippen LogP contribution in [0.15, 0.2) is 18.2 Å². The molecule has 0 N–H and O–H groups in total. The van der Waals surface area contributed by atoms with Gasteiger partial charge in [-0.05, 0) is 6.07 Å². The maximum absolute atomic E-state index is 12.8. The molecule has 1 aromatic carbocycles. The second kappa shape index (κ2) is 7.08. The van der Waals surface area contributed by atoms with Gasteiger partial charge < -0.3 is 9.64 Å². The molecule has 10 heteroatoms. The van der Waals surface area contributed by atoms with E-state index >= 15 is 0 Å². The van der Waals surface area contributed by atoms with Crippen LogP contribution in [-0.2, 0) is 14.4 Å². The highest BCUT2D eigenvalue weighted by Gasteiger charge is 2.44. The zero-order chi connectivity index (χ0) is 18.8. The predicted octanol–water partition coefficient (Wildman–Crippen LogP) is 0.00930. The number of hydrogen-bond acceptors (Lipinski definition) is 7. The summed E-state index contributed by atoms with van der Waals surface area (Å²) in [4.78, 5) is 51.0. The number of hydrogen-bond donors (Lipinski definition) is 0. The van der Waals surface area contributed by atoms with Gasteiger partial charge in [-0.25, -0.2) is 4.90 Å². The number of piperazine rings is 1. The molecule has 2 aliphatic heterocycles. The first-order valence-corrected chi connectivity index (χ1v) is 8.09. The fourth-order valence-corrected chi connectivity index (χ4v) is 3.27. The molecule has 0 saturated carbocycles. The van der Waals surface area contributed by atoms with Gasteiger partial charge in [0, 0.05) is 32.2 Å². The van der Waals surface area contributed by atoms with Crippen LogP contribution in [0.2, 0.25) is 0 Å². The fraction of sp³-hybridized carbons (Fsp3) is 0.438. The number of amides is 3. The van der Waals surface area contributed by atoms with E-state index in [2.05, 4.69) is 0 Å². The number of ether oxygens (including phenoxy) is 1. The lowest BCUT2D eigenvalue weighted by molar-refractivity contribution is -0.384. The van der Waals surface area contributed by atoms with Crippen LogP contribution in [0, 0.1) is 10.1 Å². The first-order valence-electron chi connectivity index (χ1n) is 8.09. The van der Waals surface area contributed by atoms with Crippen LogP contribution in [0.3, 0.4) is 0 Å². The minimum Gasteiger partial charge on any atom is -0.494 e. The third-order valence-corrected chi connectivity index (χ3v) is 4.68. The highest BCUT2D eigenvalue weighted by molar-refractivity contribution is 6.23. The first kappa shape index (κ1) is 17.8. The molecule has 10 nitrogen and oxygen atoms in total. The van der Waals surface area contributed by atoms with Crippen LogP contribution in [0.1, 0.15) is 6.42 Å². The van der Waals surface area contributed by atoms with Crippen molar-refractivity contribution in [2.75, 3.05) is 38.2 Å². The molecular formula is C16H18N4O6. The SMILES string of the molecule is COc1cc([N+](=O)[O-])ccc1N1C(=O)CC(N2CCN(C=O)CC2)C1=O. The van der Waals surface area contributed by atoms with E-state index in [0.29, 0.717) is 26.2 Å². The van der Waals surface area contributed by atoms with Crippen LogP contribution in [-0.4, -0.2) is 72.3 Å². The van der Waals surface area contributed by atoms with Crippen LogP contribution < -0.4 is 9.64 Å². The Hall–Kier alpha value is -3.01. The first-order chi connectivity index (χ1) is 12.5. The van der Waals surface area contributed by atoms with Gasteiger partial charge in [0.25, 0.3) is 11.6 Å². The second-order valence-corrected chi connectivity index (χ2v) is 6.08. The molecule has 1 aromatic rings. The average Bonchev–Trinajstić information content (AvgIpc) is 2.95. The Labute approximate surface area is 149 Å². The standard InChI is InChI=1S/C16H18N4O6/c1-26-14-8-11(20(24)25)2-3-12(14)19-15(22)9-13(16(19)23)18-6-4-17(10-21)5-7-18/h2-3,8,10,13H,4-7,9H2,1H3. The normalized spacial score (nSPS) is 21.2. The highest BCUT2D eigenvalue weighted by atomic mass is 16.6. The van der Waals surface area contributed by atoms with Crippen molar-refractivity contribution in [2.24, 2.45) is 0 Å². The lowest BCUT2D eigenvalue weighted by atomic mass is 10.2. The Morgan fingerprint density at radius 3 is 2.50 bits per heavy atom. The van der Waals surface area contributed by atoms with Crippen molar-refractivity contribution in [3.63, 3.8) is 0 Å². The van der Waals surface area contributed by atoms with E-state index in [4.69, 9.17) is 4.74 Å². The van der Waals surface area contributed by atoms with E-state index < -0.39 is 11.0 Å². The number of nitrogens with zero attached hydrogens (tertiary/aromatic N) is 4. The summed E-state index contributed by atoms with van der Waals surface area (Å²) in [6.07, 6.45) is 0.799. The van der Waals surface area contributed by atoms with Gasteiger partial charge in [0.2, 0.25) is 12.3 Å². The molecule has 0 aliphatic carbocycles. The molecule has 0 spiro atoms. The zero-order valence-electron chi connectivity index (χ0n) is 14.2. The van der Waals surface area contributed by atoms with E-state index in [1.54, 1.807) is 4.90 Å². The van der Waals surface area contributed by atoms with Gasteiger partial charge in [-0.15, -0.1) is 0 Å². The molecule has 26 heavy (non-hydrogen) atoms. The van der Waals surface area contributed by atoms with Crippen molar-refractivity contribution in [2.45, 2.75) is 12.5 Å². The number of methoxy groups -OCH3 is 1. The number of carbonyl (C=O) groups is 3. The predicted molar refractivity (Wildman–Crippen MR) is 89.8 cm³/mol.